The minimum atomic E-state index is -0.947. The normalized spacial score (nSPS) is 15.3. The molecule has 0 saturated carbocycles. The van der Waals surface area contributed by atoms with Crippen LogP contribution < -0.4 is 16.4 Å². The molecule has 5 N–H and O–H groups in total. The highest BCUT2D eigenvalue weighted by Gasteiger charge is 2.20. The lowest BCUT2D eigenvalue weighted by Crippen LogP contribution is -2.49. The lowest BCUT2D eigenvalue weighted by Gasteiger charge is -2.17. The molecular weight excluding hydrogens is 238 g/mol. The molecule has 0 aliphatic carbocycles. The van der Waals surface area contributed by atoms with Gasteiger partial charge in [-0.1, -0.05) is 20.3 Å². The monoisotopic (exact) mass is 259 g/mol. The number of nitrogens with two attached hydrogens (primary N) is 1. The smallest absolute Gasteiger partial charge is 0.240 e. The van der Waals surface area contributed by atoms with Crippen LogP contribution in [0, 0.1) is 5.92 Å². The Morgan fingerprint density at radius 2 is 2.06 bits per heavy atom. The summed E-state index contributed by atoms with van der Waals surface area (Å²) in [4.78, 5) is 33.2. The van der Waals surface area contributed by atoms with Gasteiger partial charge in [0.15, 0.2) is 0 Å². The van der Waals surface area contributed by atoms with Crippen molar-refractivity contribution in [3.05, 3.63) is 0 Å². The number of carbonyl (C=O) groups is 3. The van der Waals surface area contributed by atoms with Gasteiger partial charge in [-0.25, -0.2) is 0 Å². The van der Waals surface area contributed by atoms with Crippen LogP contribution in [0.15, 0.2) is 0 Å². The maximum Gasteiger partial charge on any atom is 0.240 e. The van der Waals surface area contributed by atoms with Crippen LogP contribution in [-0.2, 0) is 14.4 Å². The van der Waals surface area contributed by atoms with Gasteiger partial charge in [0.25, 0.3) is 0 Å². The van der Waals surface area contributed by atoms with Gasteiger partial charge in [0, 0.05) is 0 Å². The van der Waals surface area contributed by atoms with E-state index in [4.69, 9.17) is 10.8 Å². The number of aliphatic hydroxyl groups excluding tert-OH is 1. The Balaban J connectivity index is 4.05. The van der Waals surface area contributed by atoms with Crippen LogP contribution >= 0.6 is 0 Å². The third-order valence-corrected chi connectivity index (χ3v) is 2.69. The van der Waals surface area contributed by atoms with Gasteiger partial charge in [-0.2, -0.15) is 0 Å². The molecule has 104 valence electrons. The average molecular weight is 259 g/mol. The first-order valence-electron chi connectivity index (χ1n) is 5.85. The molecule has 0 aromatic carbocycles. The van der Waals surface area contributed by atoms with Crippen molar-refractivity contribution < 1.29 is 19.5 Å². The Bertz CT molecular complexity index is 296. The van der Waals surface area contributed by atoms with E-state index in [1.807, 2.05) is 13.8 Å². The van der Waals surface area contributed by atoms with E-state index in [0.717, 1.165) is 6.42 Å². The zero-order chi connectivity index (χ0) is 14.1. The number of hydrogen-bond donors (Lipinski definition) is 4. The van der Waals surface area contributed by atoms with E-state index < -0.39 is 30.5 Å². The molecule has 18 heavy (non-hydrogen) atoms. The Labute approximate surface area is 106 Å². The van der Waals surface area contributed by atoms with Gasteiger partial charge in [-0.15, -0.1) is 0 Å². The summed E-state index contributed by atoms with van der Waals surface area (Å²) in [7, 11) is 0. The van der Waals surface area contributed by atoms with Crippen LogP contribution in [-0.4, -0.2) is 48.4 Å². The van der Waals surface area contributed by atoms with Gasteiger partial charge in [0.05, 0.1) is 19.2 Å². The summed E-state index contributed by atoms with van der Waals surface area (Å²) in [6.07, 6.45) is 1.18. The Hall–Kier alpha value is -1.47. The molecule has 0 spiro atoms. The van der Waals surface area contributed by atoms with Crippen molar-refractivity contribution in [3.63, 3.8) is 0 Å². The molecule has 7 heteroatoms. The standard InChI is InChI=1S/C11H21N3O4/c1-3-7(2)10(12)11(18)13-4-9(17)14-8(5-15)6-16/h5,7-8,10,16H,3-4,6,12H2,1-2H3,(H,13,18)(H,14,17)/t7-,8+,10-/m0/s1. The minimum absolute atomic E-state index is 0.0215. The molecule has 0 fully saturated rings. The first-order valence-corrected chi connectivity index (χ1v) is 5.85. The number of nitrogens with one attached hydrogen (secondary N) is 2. The molecule has 0 aromatic heterocycles. The molecule has 0 radical (unpaired) electrons. The summed E-state index contributed by atoms with van der Waals surface area (Å²) in [6.45, 7) is 3.02. The highest BCUT2D eigenvalue weighted by molar-refractivity contribution is 5.88. The van der Waals surface area contributed by atoms with Crippen LogP contribution in [0.2, 0.25) is 0 Å². The largest absolute Gasteiger partial charge is 0.394 e. The Kier molecular flexibility index (Phi) is 7.89. The van der Waals surface area contributed by atoms with Gasteiger partial charge in [0.1, 0.15) is 12.3 Å². The van der Waals surface area contributed by atoms with E-state index in [1.165, 1.54) is 0 Å². The zero-order valence-corrected chi connectivity index (χ0v) is 10.7. The summed E-state index contributed by atoms with van der Waals surface area (Å²) in [5.41, 5.74) is 5.67. The number of amides is 2. The summed E-state index contributed by atoms with van der Waals surface area (Å²) >= 11 is 0. The second-order valence-corrected chi connectivity index (χ2v) is 4.12. The summed E-state index contributed by atoms with van der Waals surface area (Å²) in [6, 6.07) is -1.61. The van der Waals surface area contributed by atoms with Gasteiger partial charge >= 0.3 is 0 Å². The van der Waals surface area contributed by atoms with Crippen molar-refractivity contribution in [1.29, 1.82) is 0 Å². The third kappa shape index (κ3) is 5.74. The highest BCUT2D eigenvalue weighted by atomic mass is 16.3. The minimum Gasteiger partial charge on any atom is -0.394 e. The van der Waals surface area contributed by atoms with Crippen LogP contribution in [0.3, 0.4) is 0 Å². The number of carbonyl (C=O) groups excluding carboxylic acids is 3. The predicted octanol–water partition coefficient (Wildman–Crippen LogP) is -1.85. The number of hydrogen-bond acceptors (Lipinski definition) is 5. The molecule has 0 rings (SSSR count). The Morgan fingerprint density at radius 1 is 1.44 bits per heavy atom. The van der Waals surface area contributed by atoms with Crippen molar-refractivity contribution in [2.24, 2.45) is 11.7 Å². The maximum atomic E-state index is 11.5. The molecule has 0 aliphatic rings. The van der Waals surface area contributed by atoms with Crippen molar-refractivity contribution in [2.75, 3.05) is 13.2 Å². The predicted molar refractivity (Wildman–Crippen MR) is 65.5 cm³/mol. The molecule has 7 nitrogen and oxygen atoms in total. The van der Waals surface area contributed by atoms with E-state index in [-0.39, 0.29) is 12.5 Å². The van der Waals surface area contributed by atoms with Gasteiger partial charge in [-0.3, -0.25) is 9.59 Å². The molecule has 0 bridgehead atoms. The number of aldehydes is 1. The second-order valence-electron chi connectivity index (χ2n) is 4.12. The fourth-order valence-electron chi connectivity index (χ4n) is 1.18. The molecule has 3 atom stereocenters. The zero-order valence-electron chi connectivity index (χ0n) is 10.7. The van der Waals surface area contributed by atoms with Crippen molar-refractivity contribution in [2.45, 2.75) is 32.4 Å². The van der Waals surface area contributed by atoms with Crippen LogP contribution in [0.1, 0.15) is 20.3 Å². The summed E-state index contributed by atoms with van der Waals surface area (Å²) in [5.74, 6) is -0.940. The SMILES string of the molecule is CC[C@H](C)[C@H](N)C(=O)NCC(=O)N[C@H](C=O)CO. The van der Waals surface area contributed by atoms with Gasteiger partial charge in [0.2, 0.25) is 11.8 Å². The van der Waals surface area contributed by atoms with Gasteiger partial charge < -0.3 is 26.3 Å². The molecule has 0 aliphatic heterocycles. The number of rotatable bonds is 8. The van der Waals surface area contributed by atoms with E-state index in [1.54, 1.807) is 0 Å². The van der Waals surface area contributed by atoms with Crippen LogP contribution in [0.5, 0.6) is 0 Å². The lowest BCUT2D eigenvalue weighted by molar-refractivity contribution is -0.128. The first kappa shape index (κ1) is 16.5. The number of aliphatic hydroxyl groups is 1. The van der Waals surface area contributed by atoms with Gasteiger partial charge in [-0.05, 0) is 5.92 Å². The van der Waals surface area contributed by atoms with E-state index >= 15 is 0 Å². The average Bonchev–Trinajstić information content (AvgIpc) is 2.40. The first-order chi connectivity index (χ1) is 8.46. The van der Waals surface area contributed by atoms with Crippen molar-refractivity contribution in [1.82, 2.24) is 10.6 Å². The van der Waals surface area contributed by atoms with E-state index in [0.29, 0.717) is 6.29 Å². The molecule has 0 saturated heterocycles. The molecule has 0 heterocycles. The third-order valence-electron chi connectivity index (χ3n) is 2.69. The molecule has 2 amide bonds. The quantitative estimate of drug-likeness (QED) is 0.381. The van der Waals surface area contributed by atoms with Crippen molar-refractivity contribution in [3.8, 4) is 0 Å². The fourth-order valence-corrected chi connectivity index (χ4v) is 1.18. The topological polar surface area (TPSA) is 122 Å². The van der Waals surface area contributed by atoms with E-state index in [9.17, 15) is 14.4 Å². The van der Waals surface area contributed by atoms with Crippen molar-refractivity contribution >= 4 is 18.1 Å². The molecular formula is C11H21N3O4. The van der Waals surface area contributed by atoms with E-state index in [2.05, 4.69) is 10.6 Å². The van der Waals surface area contributed by atoms with Crippen LogP contribution in [0.25, 0.3) is 0 Å². The van der Waals surface area contributed by atoms with Crippen LogP contribution in [0.4, 0.5) is 0 Å². The summed E-state index contributed by atoms with van der Waals surface area (Å²) < 4.78 is 0. The second kappa shape index (κ2) is 8.60. The molecule has 0 aromatic rings. The highest BCUT2D eigenvalue weighted by Crippen LogP contribution is 2.04. The molecule has 0 unspecified atom stereocenters. The lowest BCUT2D eigenvalue weighted by atomic mass is 9.99. The maximum absolute atomic E-state index is 11.5. The Morgan fingerprint density at radius 3 is 2.50 bits per heavy atom. The summed E-state index contributed by atoms with van der Waals surface area (Å²) in [5, 5.41) is 13.3. The fraction of sp³-hybridized carbons (Fsp3) is 0.727.